The van der Waals surface area contributed by atoms with Crippen molar-refractivity contribution in [3.05, 3.63) is 51.2 Å². The van der Waals surface area contributed by atoms with Gasteiger partial charge in [-0.25, -0.2) is 4.79 Å². The van der Waals surface area contributed by atoms with Crippen LogP contribution in [0.2, 0.25) is 5.02 Å². The molecule has 1 aromatic heterocycles. The standard InChI is InChI=1S/C33H46ClN5O4S/c34-27-18-24(20-35)13-14-30(27)43-33(42)38-15-16-39(29(22-38)31(40)36-21-26-12-7-17-44-26)32(41)28(19-23-8-3-1-4-9-23)37-25-10-5-2-6-11-25/h7,12-14,17-18,23,25,28-29,37H,1-6,8-11,15-16,19-22,35H2,(H,36,40)/t28-,29+/m1/s1. The third-order valence-corrected chi connectivity index (χ3v) is 10.5. The zero-order valence-corrected chi connectivity index (χ0v) is 27.1. The van der Waals surface area contributed by atoms with E-state index in [1.165, 1.54) is 43.4 Å². The number of amides is 3. The summed E-state index contributed by atoms with van der Waals surface area (Å²) in [5.74, 6) is 0.427. The number of carbonyl (C=O) groups excluding carboxylic acids is 3. The van der Waals surface area contributed by atoms with Gasteiger partial charge in [0, 0.05) is 30.6 Å². The van der Waals surface area contributed by atoms with E-state index in [9.17, 15) is 14.4 Å². The van der Waals surface area contributed by atoms with Crippen LogP contribution in [0.1, 0.15) is 81.1 Å². The van der Waals surface area contributed by atoms with Crippen molar-refractivity contribution in [1.29, 1.82) is 0 Å². The lowest BCUT2D eigenvalue weighted by Gasteiger charge is -2.42. The van der Waals surface area contributed by atoms with Gasteiger partial charge in [0.1, 0.15) is 6.04 Å². The van der Waals surface area contributed by atoms with E-state index in [2.05, 4.69) is 10.6 Å². The topological polar surface area (TPSA) is 117 Å². The average Bonchev–Trinajstić information content (AvgIpc) is 3.58. The maximum absolute atomic E-state index is 14.4. The molecule has 0 spiro atoms. The van der Waals surface area contributed by atoms with Crippen molar-refractivity contribution in [2.24, 2.45) is 11.7 Å². The summed E-state index contributed by atoms with van der Waals surface area (Å²) >= 11 is 7.91. The zero-order valence-electron chi connectivity index (χ0n) is 25.5. The molecule has 1 saturated heterocycles. The fraction of sp³-hybridized carbons (Fsp3) is 0.606. The molecule has 44 heavy (non-hydrogen) atoms. The fourth-order valence-electron chi connectivity index (χ4n) is 6.81. The molecule has 2 atom stereocenters. The largest absolute Gasteiger partial charge is 0.415 e. The van der Waals surface area contributed by atoms with Gasteiger partial charge in [0.15, 0.2) is 5.75 Å². The van der Waals surface area contributed by atoms with Gasteiger partial charge in [0.25, 0.3) is 0 Å². The van der Waals surface area contributed by atoms with Gasteiger partial charge in [-0.1, -0.05) is 75.1 Å². The van der Waals surface area contributed by atoms with Gasteiger partial charge in [-0.2, -0.15) is 0 Å². The number of nitrogens with one attached hydrogen (secondary N) is 2. The van der Waals surface area contributed by atoms with E-state index in [1.54, 1.807) is 34.4 Å². The van der Waals surface area contributed by atoms with Crippen LogP contribution < -0.4 is 21.1 Å². The van der Waals surface area contributed by atoms with Crippen molar-refractivity contribution >= 4 is 40.8 Å². The Morgan fingerprint density at radius 3 is 2.45 bits per heavy atom. The van der Waals surface area contributed by atoms with E-state index in [0.717, 1.165) is 42.5 Å². The minimum absolute atomic E-state index is 0.0362. The van der Waals surface area contributed by atoms with Crippen LogP contribution in [0.4, 0.5) is 4.79 Å². The number of thiophene rings is 1. The Balaban J connectivity index is 1.32. The van der Waals surface area contributed by atoms with Crippen molar-refractivity contribution in [2.75, 3.05) is 19.6 Å². The molecule has 0 radical (unpaired) electrons. The molecule has 2 saturated carbocycles. The molecule has 0 unspecified atom stereocenters. The highest BCUT2D eigenvalue weighted by molar-refractivity contribution is 7.09. The van der Waals surface area contributed by atoms with E-state index in [4.69, 9.17) is 22.1 Å². The summed E-state index contributed by atoms with van der Waals surface area (Å²) < 4.78 is 5.64. The van der Waals surface area contributed by atoms with Crippen LogP contribution in [0.25, 0.3) is 0 Å². The molecule has 4 N–H and O–H groups in total. The molecule has 2 aliphatic carbocycles. The number of nitrogens with two attached hydrogens (primary N) is 1. The Kier molecular flexibility index (Phi) is 11.9. The lowest BCUT2D eigenvalue weighted by atomic mass is 9.83. The molecule has 2 aromatic rings. The Hall–Kier alpha value is -2.66. The highest BCUT2D eigenvalue weighted by Crippen LogP contribution is 2.30. The first-order valence-electron chi connectivity index (χ1n) is 16.2. The second kappa shape index (κ2) is 16.1. The molecule has 2 heterocycles. The molecule has 0 bridgehead atoms. The Labute approximate surface area is 269 Å². The van der Waals surface area contributed by atoms with Crippen LogP contribution in [0.5, 0.6) is 5.75 Å². The maximum Gasteiger partial charge on any atom is 0.415 e. The molecule has 5 rings (SSSR count). The molecule has 9 nitrogen and oxygen atoms in total. The number of halogens is 1. The van der Waals surface area contributed by atoms with Gasteiger partial charge < -0.3 is 30.9 Å². The van der Waals surface area contributed by atoms with Crippen molar-refractivity contribution in [1.82, 2.24) is 20.4 Å². The SMILES string of the molecule is NCc1ccc(OC(=O)N2CCN(C(=O)[C@@H](CC3CCCCC3)NC3CCCCC3)[C@H](C(=O)NCc3cccs3)C2)c(Cl)c1. The number of piperazine rings is 1. The molecule has 11 heteroatoms. The number of carbonyl (C=O) groups is 3. The van der Waals surface area contributed by atoms with Gasteiger partial charge >= 0.3 is 6.09 Å². The lowest BCUT2D eigenvalue weighted by molar-refractivity contribution is -0.145. The van der Waals surface area contributed by atoms with Crippen LogP contribution in [0, 0.1) is 5.92 Å². The van der Waals surface area contributed by atoms with Gasteiger partial charge in [-0.05, 0) is 54.3 Å². The molecule has 3 aliphatic rings. The number of benzene rings is 1. The minimum atomic E-state index is -0.833. The van der Waals surface area contributed by atoms with Gasteiger partial charge in [0.2, 0.25) is 11.8 Å². The monoisotopic (exact) mass is 643 g/mol. The second-order valence-corrected chi connectivity index (χ2v) is 13.9. The fourth-order valence-corrected chi connectivity index (χ4v) is 7.69. The number of rotatable bonds is 10. The number of nitrogens with zero attached hydrogens (tertiary/aromatic N) is 2. The summed E-state index contributed by atoms with van der Waals surface area (Å²) in [6.45, 7) is 1.24. The summed E-state index contributed by atoms with van der Waals surface area (Å²) in [7, 11) is 0. The Bertz CT molecular complexity index is 1230. The molecule has 1 aliphatic heterocycles. The molecular weight excluding hydrogens is 598 g/mol. The molecule has 3 fully saturated rings. The van der Waals surface area contributed by atoms with Gasteiger partial charge in [-0.3, -0.25) is 9.59 Å². The summed E-state index contributed by atoms with van der Waals surface area (Å²) in [5, 5.41) is 9.02. The van der Waals surface area contributed by atoms with Crippen LogP contribution in [0.15, 0.2) is 35.7 Å². The van der Waals surface area contributed by atoms with Gasteiger partial charge in [-0.15, -0.1) is 11.3 Å². The van der Waals surface area contributed by atoms with Crippen LogP contribution in [-0.4, -0.2) is 65.5 Å². The van der Waals surface area contributed by atoms with Crippen molar-refractivity contribution in [3.8, 4) is 5.75 Å². The Morgan fingerprint density at radius 1 is 1.02 bits per heavy atom. The first-order chi connectivity index (χ1) is 21.4. The average molecular weight is 644 g/mol. The van der Waals surface area contributed by atoms with E-state index >= 15 is 0 Å². The van der Waals surface area contributed by atoms with Crippen molar-refractivity contribution in [3.63, 3.8) is 0 Å². The summed E-state index contributed by atoms with van der Waals surface area (Å²) in [6.07, 6.45) is 11.9. The molecule has 1 aromatic carbocycles. The first kappa shape index (κ1) is 32.7. The quantitative estimate of drug-likeness (QED) is 0.317. The second-order valence-electron chi connectivity index (χ2n) is 12.4. The van der Waals surface area contributed by atoms with E-state index in [1.807, 2.05) is 17.5 Å². The number of ether oxygens (including phenoxy) is 1. The maximum atomic E-state index is 14.4. The van der Waals surface area contributed by atoms with E-state index < -0.39 is 12.1 Å². The smallest absolute Gasteiger partial charge is 0.409 e. The minimum Gasteiger partial charge on any atom is -0.409 e. The first-order valence-corrected chi connectivity index (χ1v) is 17.5. The third kappa shape index (κ3) is 8.74. The molecule has 240 valence electrons. The van der Waals surface area contributed by atoms with E-state index in [0.29, 0.717) is 30.1 Å². The predicted molar refractivity (Wildman–Crippen MR) is 174 cm³/mol. The van der Waals surface area contributed by atoms with Crippen molar-refractivity contribution in [2.45, 2.75) is 102 Å². The highest BCUT2D eigenvalue weighted by atomic mass is 35.5. The van der Waals surface area contributed by atoms with E-state index in [-0.39, 0.29) is 43.2 Å². The Morgan fingerprint density at radius 2 is 1.77 bits per heavy atom. The predicted octanol–water partition coefficient (Wildman–Crippen LogP) is 5.45. The lowest BCUT2D eigenvalue weighted by Crippen LogP contribution is -2.64. The van der Waals surface area contributed by atoms with Crippen LogP contribution in [0.3, 0.4) is 0 Å². The van der Waals surface area contributed by atoms with Crippen molar-refractivity contribution < 1.29 is 19.1 Å². The number of hydrogen-bond donors (Lipinski definition) is 3. The molecule has 3 amide bonds. The summed E-state index contributed by atoms with van der Waals surface area (Å²) in [4.78, 5) is 45.6. The normalized spacial score (nSPS) is 20.7. The van der Waals surface area contributed by atoms with Crippen LogP contribution in [-0.2, 0) is 22.7 Å². The third-order valence-electron chi connectivity index (χ3n) is 9.30. The molecular formula is C33H46ClN5O4S. The highest BCUT2D eigenvalue weighted by Gasteiger charge is 2.41. The van der Waals surface area contributed by atoms with Crippen LogP contribution >= 0.6 is 22.9 Å². The summed E-state index contributed by atoms with van der Waals surface area (Å²) in [5.41, 5.74) is 6.53. The summed E-state index contributed by atoms with van der Waals surface area (Å²) in [6, 6.07) is 8.11. The number of hydrogen-bond acceptors (Lipinski definition) is 7. The zero-order chi connectivity index (χ0) is 30.9. The van der Waals surface area contributed by atoms with Gasteiger partial charge in [0.05, 0.1) is 24.2 Å².